The number of carboxylic acids is 1. The molecule has 0 spiro atoms. The fourth-order valence-corrected chi connectivity index (χ4v) is 1.48. The zero-order valence-corrected chi connectivity index (χ0v) is 9.40. The lowest BCUT2D eigenvalue weighted by Crippen LogP contribution is -2.21. The van der Waals surface area contributed by atoms with Crippen LogP contribution in [0.5, 0.6) is 5.75 Å². The monoisotopic (exact) mass is 235 g/mol. The van der Waals surface area contributed by atoms with Crippen molar-refractivity contribution >= 4 is 11.9 Å². The number of carbonyl (C=O) groups is 2. The second kappa shape index (κ2) is 4.45. The van der Waals surface area contributed by atoms with Crippen molar-refractivity contribution < 1.29 is 19.4 Å². The highest BCUT2D eigenvalue weighted by Gasteiger charge is 2.24. The van der Waals surface area contributed by atoms with Gasteiger partial charge in [-0.05, 0) is 31.0 Å². The third kappa shape index (κ3) is 2.55. The Hall–Kier alpha value is -2.04. The summed E-state index contributed by atoms with van der Waals surface area (Å²) in [5.74, 6) is -1.05. The standard InChI is InChI=1S/C12H13NO4/c1-13-11(14)9-5-4-8(17-7-2-3-7)6-10(9)12(15)16/h4-7H,2-3H2,1H3,(H,13,14)(H,15,16). The van der Waals surface area contributed by atoms with Gasteiger partial charge in [-0.25, -0.2) is 4.79 Å². The summed E-state index contributed by atoms with van der Waals surface area (Å²) in [6, 6.07) is 4.49. The third-order valence-electron chi connectivity index (χ3n) is 2.52. The normalized spacial score (nSPS) is 14.2. The Morgan fingerprint density at radius 1 is 1.35 bits per heavy atom. The Morgan fingerprint density at radius 3 is 2.59 bits per heavy atom. The van der Waals surface area contributed by atoms with Gasteiger partial charge in [0, 0.05) is 7.05 Å². The van der Waals surface area contributed by atoms with E-state index in [2.05, 4.69) is 5.32 Å². The highest BCUT2D eigenvalue weighted by molar-refractivity contribution is 6.04. The van der Waals surface area contributed by atoms with Gasteiger partial charge in [0.05, 0.1) is 17.2 Å². The minimum atomic E-state index is -1.13. The van der Waals surface area contributed by atoms with Gasteiger partial charge in [-0.2, -0.15) is 0 Å². The van der Waals surface area contributed by atoms with Crippen LogP contribution in [-0.2, 0) is 0 Å². The minimum absolute atomic E-state index is 0.0394. The maximum absolute atomic E-state index is 11.5. The number of carbonyl (C=O) groups excluding carboxylic acids is 1. The van der Waals surface area contributed by atoms with E-state index in [0.29, 0.717) is 5.75 Å². The van der Waals surface area contributed by atoms with Gasteiger partial charge in [-0.3, -0.25) is 4.79 Å². The number of benzene rings is 1. The number of ether oxygens (including phenoxy) is 1. The van der Waals surface area contributed by atoms with E-state index in [1.54, 1.807) is 6.07 Å². The van der Waals surface area contributed by atoms with Crippen molar-refractivity contribution in [2.75, 3.05) is 7.05 Å². The molecule has 2 rings (SSSR count). The van der Waals surface area contributed by atoms with Crippen LogP contribution < -0.4 is 10.1 Å². The topological polar surface area (TPSA) is 75.6 Å². The van der Waals surface area contributed by atoms with E-state index in [1.807, 2.05) is 0 Å². The fourth-order valence-electron chi connectivity index (χ4n) is 1.48. The first-order valence-corrected chi connectivity index (χ1v) is 5.38. The van der Waals surface area contributed by atoms with Gasteiger partial charge in [0.15, 0.2) is 0 Å². The first-order chi connectivity index (χ1) is 8.11. The lowest BCUT2D eigenvalue weighted by molar-refractivity contribution is 0.0690. The second-order valence-corrected chi connectivity index (χ2v) is 3.91. The zero-order chi connectivity index (χ0) is 12.4. The molecule has 90 valence electrons. The molecule has 0 atom stereocenters. The van der Waals surface area contributed by atoms with E-state index in [4.69, 9.17) is 9.84 Å². The summed E-state index contributed by atoms with van der Waals surface area (Å²) in [4.78, 5) is 22.5. The molecular weight excluding hydrogens is 222 g/mol. The summed E-state index contributed by atoms with van der Waals surface area (Å²) in [6.45, 7) is 0. The molecule has 17 heavy (non-hydrogen) atoms. The Kier molecular flexibility index (Phi) is 2.99. The van der Waals surface area contributed by atoms with E-state index in [0.717, 1.165) is 12.8 Å². The van der Waals surface area contributed by atoms with E-state index in [9.17, 15) is 9.59 Å². The van der Waals surface area contributed by atoms with Crippen LogP contribution in [0.25, 0.3) is 0 Å². The number of nitrogens with one attached hydrogen (secondary N) is 1. The predicted octanol–water partition coefficient (Wildman–Crippen LogP) is 1.29. The molecule has 2 N–H and O–H groups in total. The SMILES string of the molecule is CNC(=O)c1ccc(OC2CC2)cc1C(=O)O. The molecule has 0 aromatic heterocycles. The smallest absolute Gasteiger partial charge is 0.336 e. The second-order valence-electron chi connectivity index (χ2n) is 3.91. The Morgan fingerprint density at radius 2 is 2.06 bits per heavy atom. The van der Waals surface area contributed by atoms with Crippen molar-refractivity contribution in [1.29, 1.82) is 0 Å². The van der Waals surface area contributed by atoms with Gasteiger partial charge in [-0.15, -0.1) is 0 Å². The largest absolute Gasteiger partial charge is 0.490 e. The first kappa shape index (κ1) is 11.4. The maximum atomic E-state index is 11.5. The van der Waals surface area contributed by atoms with Gasteiger partial charge in [0.1, 0.15) is 5.75 Å². The summed E-state index contributed by atoms with van der Waals surface area (Å²) in [7, 11) is 1.46. The van der Waals surface area contributed by atoms with Crippen LogP contribution >= 0.6 is 0 Å². The van der Waals surface area contributed by atoms with Crippen molar-refractivity contribution in [2.24, 2.45) is 0 Å². The van der Waals surface area contributed by atoms with Crippen molar-refractivity contribution in [1.82, 2.24) is 5.32 Å². The van der Waals surface area contributed by atoms with Crippen LogP contribution in [0.4, 0.5) is 0 Å². The number of hydrogen-bond donors (Lipinski definition) is 2. The van der Waals surface area contributed by atoms with Crippen molar-refractivity contribution in [2.45, 2.75) is 18.9 Å². The molecule has 1 aromatic rings. The Balaban J connectivity index is 2.32. The zero-order valence-electron chi connectivity index (χ0n) is 9.40. The molecule has 1 saturated carbocycles. The number of carboxylic acid groups (broad SMARTS) is 1. The van der Waals surface area contributed by atoms with Crippen molar-refractivity contribution in [3.05, 3.63) is 29.3 Å². The molecule has 0 unspecified atom stereocenters. The molecule has 5 heteroatoms. The van der Waals surface area contributed by atoms with E-state index in [1.165, 1.54) is 19.2 Å². The van der Waals surface area contributed by atoms with Gasteiger partial charge >= 0.3 is 5.97 Å². The first-order valence-electron chi connectivity index (χ1n) is 5.38. The van der Waals surface area contributed by atoms with E-state index < -0.39 is 11.9 Å². The molecule has 5 nitrogen and oxygen atoms in total. The quantitative estimate of drug-likeness (QED) is 0.824. The number of hydrogen-bond acceptors (Lipinski definition) is 3. The van der Waals surface area contributed by atoms with Crippen LogP contribution in [0.2, 0.25) is 0 Å². The summed E-state index contributed by atoms with van der Waals surface area (Å²) in [5.41, 5.74) is 0.102. The summed E-state index contributed by atoms with van der Waals surface area (Å²) in [6.07, 6.45) is 2.20. The molecule has 1 aliphatic rings. The van der Waals surface area contributed by atoms with Crippen LogP contribution in [0.15, 0.2) is 18.2 Å². The van der Waals surface area contributed by atoms with E-state index in [-0.39, 0.29) is 17.2 Å². The summed E-state index contributed by atoms with van der Waals surface area (Å²) in [5, 5.41) is 11.5. The molecule has 0 saturated heterocycles. The van der Waals surface area contributed by atoms with Crippen LogP contribution in [0.3, 0.4) is 0 Å². The number of aromatic carboxylic acids is 1. The van der Waals surface area contributed by atoms with Crippen molar-refractivity contribution in [3.8, 4) is 5.75 Å². The molecule has 0 radical (unpaired) electrons. The highest BCUT2D eigenvalue weighted by atomic mass is 16.5. The average molecular weight is 235 g/mol. The van der Waals surface area contributed by atoms with Gasteiger partial charge in [0.2, 0.25) is 0 Å². The number of amides is 1. The van der Waals surface area contributed by atoms with Gasteiger partial charge < -0.3 is 15.2 Å². The molecule has 1 aliphatic carbocycles. The predicted molar refractivity (Wildman–Crippen MR) is 60.4 cm³/mol. The fraction of sp³-hybridized carbons (Fsp3) is 0.333. The molecule has 0 heterocycles. The van der Waals surface area contributed by atoms with Gasteiger partial charge in [0.25, 0.3) is 5.91 Å². The minimum Gasteiger partial charge on any atom is -0.490 e. The van der Waals surface area contributed by atoms with Gasteiger partial charge in [-0.1, -0.05) is 0 Å². The highest BCUT2D eigenvalue weighted by Crippen LogP contribution is 2.28. The maximum Gasteiger partial charge on any atom is 0.336 e. The summed E-state index contributed by atoms with van der Waals surface area (Å²) >= 11 is 0. The van der Waals surface area contributed by atoms with Crippen LogP contribution in [0.1, 0.15) is 33.6 Å². The Labute approximate surface area is 98.4 Å². The summed E-state index contributed by atoms with van der Waals surface area (Å²) < 4.78 is 5.49. The van der Waals surface area contributed by atoms with Crippen LogP contribution in [0, 0.1) is 0 Å². The third-order valence-corrected chi connectivity index (χ3v) is 2.52. The molecule has 0 bridgehead atoms. The van der Waals surface area contributed by atoms with E-state index >= 15 is 0 Å². The molecule has 1 aromatic carbocycles. The van der Waals surface area contributed by atoms with Crippen molar-refractivity contribution in [3.63, 3.8) is 0 Å². The Bertz CT molecular complexity index is 466. The van der Waals surface area contributed by atoms with Crippen LogP contribution in [-0.4, -0.2) is 30.1 Å². The molecule has 1 fully saturated rings. The average Bonchev–Trinajstić information content (AvgIpc) is 3.12. The lowest BCUT2D eigenvalue weighted by atomic mass is 10.1. The molecule has 0 aliphatic heterocycles. The lowest BCUT2D eigenvalue weighted by Gasteiger charge is -2.08. The molecule has 1 amide bonds. The molecular formula is C12H13NO4. The number of rotatable bonds is 4.